The molecular weight excluding hydrogens is 274 g/mol. The van der Waals surface area contributed by atoms with E-state index in [0.29, 0.717) is 5.75 Å². The van der Waals surface area contributed by atoms with E-state index < -0.39 is 5.97 Å². The Labute approximate surface area is 119 Å². The molecule has 0 amide bonds. The molecule has 0 bridgehead atoms. The van der Waals surface area contributed by atoms with Crippen molar-refractivity contribution >= 4 is 28.1 Å². The van der Waals surface area contributed by atoms with Gasteiger partial charge in [0.2, 0.25) is 0 Å². The molecule has 100 valence electrons. The van der Waals surface area contributed by atoms with Crippen LogP contribution in [-0.2, 0) is 6.61 Å². The van der Waals surface area contributed by atoms with E-state index in [4.69, 9.17) is 4.74 Å². The van der Waals surface area contributed by atoms with Crippen LogP contribution in [0, 0.1) is 0 Å². The van der Waals surface area contributed by atoms with E-state index in [0.717, 1.165) is 16.5 Å². The number of thiazole rings is 1. The van der Waals surface area contributed by atoms with Crippen LogP contribution in [0.3, 0.4) is 0 Å². The quantitative estimate of drug-likeness (QED) is 0.796. The largest absolute Gasteiger partial charge is 0.486 e. The highest BCUT2D eigenvalue weighted by atomic mass is 32.1. The molecule has 3 aromatic rings. The molecule has 0 atom stereocenters. The van der Waals surface area contributed by atoms with Gasteiger partial charge in [0.15, 0.2) is 0 Å². The second-order valence-corrected chi connectivity index (χ2v) is 4.99. The number of aromatic nitrogens is 1. The molecule has 0 aliphatic carbocycles. The van der Waals surface area contributed by atoms with Gasteiger partial charge in [0.1, 0.15) is 17.9 Å². The normalized spacial score (nSPS) is 10.6. The minimum Gasteiger partial charge on any atom is -0.486 e. The smallest absolute Gasteiger partial charge is 0.339 e. The van der Waals surface area contributed by atoms with Crippen molar-refractivity contribution in [3.63, 3.8) is 0 Å². The number of carboxylic acids is 1. The van der Waals surface area contributed by atoms with Gasteiger partial charge in [-0.2, -0.15) is 0 Å². The lowest BCUT2D eigenvalue weighted by Crippen LogP contribution is -2.03. The first-order valence-corrected chi connectivity index (χ1v) is 6.94. The zero-order chi connectivity index (χ0) is 13.9. The maximum absolute atomic E-state index is 11.3. The van der Waals surface area contributed by atoms with Gasteiger partial charge in [-0.15, -0.1) is 11.3 Å². The third kappa shape index (κ3) is 2.48. The van der Waals surface area contributed by atoms with E-state index in [-0.39, 0.29) is 12.2 Å². The van der Waals surface area contributed by atoms with Crippen molar-refractivity contribution in [2.45, 2.75) is 6.61 Å². The fourth-order valence-electron chi connectivity index (χ4n) is 1.97. The van der Waals surface area contributed by atoms with Gasteiger partial charge in [-0.1, -0.05) is 24.3 Å². The summed E-state index contributed by atoms with van der Waals surface area (Å²) in [5, 5.41) is 13.0. The molecule has 3 rings (SSSR count). The van der Waals surface area contributed by atoms with Crippen molar-refractivity contribution in [2.24, 2.45) is 0 Å². The number of ether oxygens (including phenoxy) is 1. The summed E-state index contributed by atoms with van der Waals surface area (Å²) in [5.41, 5.74) is 2.68. The number of hydrogen-bond acceptors (Lipinski definition) is 4. The highest BCUT2D eigenvalue weighted by Crippen LogP contribution is 2.27. The summed E-state index contributed by atoms with van der Waals surface area (Å²) in [4.78, 5) is 15.4. The molecule has 1 heterocycles. The average molecular weight is 285 g/mol. The van der Waals surface area contributed by atoms with Crippen molar-refractivity contribution in [2.75, 3.05) is 0 Å². The Morgan fingerprint density at radius 3 is 2.65 bits per heavy atom. The zero-order valence-electron chi connectivity index (χ0n) is 10.4. The lowest BCUT2D eigenvalue weighted by Gasteiger charge is -2.09. The van der Waals surface area contributed by atoms with Gasteiger partial charge in [-0.05, 0) is 22.9 Å². The molecule has 2 aromatic carbocycles. The molecule has 5 heteroatoms. The molecule has 0 saturated heterocycles. The van der Waals surface area contributed by atoms with Crippen LogP contribution in [-0.4, -0.2) is 16.1 Å². The van der Waals surface area contributed by atoms with E-state index in [1.807, 2.05) is 29.6 Å². The average Bonchev–Trinajstić information content (AvgIpc) is 2.97. The molecule has 0 radical (unpaired) electrons. The number of benzene rings is 2. The Morgan fingerprint density at radius 2 is 2.00 bits per heavy atom. The van der Waals surface area contributed by atoms with Crippen molar-refractivity contribution in [1.82, 2.24) is 4.98 Å². The van der Waals surface area contributed by atoms with Gasteiger partial charge >= 0.3 is 5.97 Å². The molecule has 20 heavy (non-hydrogen) atoms. The van der Waals surface area contributed by atoms with Crippen LogP contribution in [0.2, 0.25) is 0 Å². The lowest BCUT2D eigenvalue weighted by molar-refractivity contribution is 0.0692. The number of nitrogens with zero attached hydrogens (tertiary/aromatic N) is 1. The second-order valence-electron chi connectivity index (χ2n) is 4.27. The van der Waals surface area contributed by atoms with Crippen LogP contribution in [0.1, 0.15) is 16.1 Å². The summed E-state index contributed by atoms with van der Waals surface area (Å²) in [7, 11) is 0. The molecule has 1 N–H and O–H groups in total. The molecule has 0 saturated carbocycles. The predicted molar refractivity (Wildman–Crippen MR) is 77.4 cm³/mol. The van der Waals surface area contributed by atoms with Crippen LogP contribution < -0.4 is 4.74 Å². The fourth-order valence-corrected chi connectivity index (χ4v) is 2.51. The van der Waals surface area contributed by atoms with Crippen molar-refractivity contribution < 1.29 is 14.6 Å². The SMILES string of the molecule is O=C(O)c1cc2ccccc2cc1OCc1cscn1. The van der Waals surface area contributed by atoms with E-state index in [2.05, 4.69) is 4.98 Å². The van der Waals surface area contributed by atoms with Crippen LogP contribution >= 0.6 is 11.3 Å². The number of rotatable bonds is 4. The van der Waals surface area contributed by atoms with E-state index in [1.54, 1.807) is 17.6 Å². The molecule has 0 unspecified atom stereocenters. The van der Waals surface area contributed by atoms with Crippen LogP contribution in [0.5, 0.6) is 5.75 Å². The highest BCUT2D eigenvalue weighted by molar-refractivity contribution is 7.07. The number of carboxylic acid groups (broad SMARTS) is 1. The van der Waals surface area contributed by atoms with Gasteiger partial charge in [0.25, 0.3) is 0 Å². The first-order chi connectivity index (χ1) is 9.74. The van der Waals surface area contributed by atoms with Gasteiger partial charge in [-0.25, -0.2) is 9.78 Å². The molecule has 1 aromatic heterocycles. The number of fused-ring (bicyclic) bond motifs is 1. The third-order valence-corrected chi connectivity index (χ3v) is 3.57. The van der Waals surface area contributed by atoms with Gasteiger partial charge < -0.3 is 9.84 Å². The second kappa shape index (κ2) is 5.30. The Kier molecular flexibility index (Phi) is 3.35. The minimum absolute atomic E-state index is 0.166. The Hall–Kier alpha value is -2.40. The Morgan fingerprint density at radius 1 is 1.25 bits per heavy atom. The predicted octanol–water partition coefficient (Wildman–Crippen LogP) is 3.57. The lowest BCUT2D eigenvalue weighted by atomic mass is 10.1. The minimum atomic E-state index is -0.996. The van der Waals surface area contributed by atoms with Crippen molar-refractivity contribution in [3.05, 3.63) is 58.5 Å². The topological polar surface area (TPSA) is 59.4 Å². The standard InChI is InChI=1S/C15H11NO3S/c17-15(18)13-5-10-3-1-2-4-11(10)6-14(13)19-7-12-8-20-9-16-12/h1-6,8-9H,7H2,(H,17,18). The summed E-state index contributed by atoms with van der Waals surface area (Å²) < 4.78 is 5.61. The van der Waals surface area contributed by atoms with E-state index in [9.17, 15) is 9.90 Å². The van der Waals surface area contributed by atoms with Gasteiger partial charge in [0, 0.05) is 5.38 Å². The number of aromatic carboxylic acids is 1. The monoisotopic (exact) mass is 285 g/mol. The number of hydrogen-bond donors (Lipinski definition) is 1. The van der Waals surface area contributed by atoms with Crippen LogP contribution in [0.15, 0.2) is 47.3 Å². The first-order valence-electron chi connectivity index (χ1n) is 6.00. The number of carbonyl (C=O) groups is 1. The van der Waals surface area contributed by atoms with Crippen molar-refractivity contribution in [1.29, 1.82) is 0 Å². The van der Waals surface area contributed by atoms with E-state index in [1.165, 1.54) is 11.3 Å². The molecule has 0 fully saturated rings. The first kappa shape index (κ1) is 12.6. The fraction of sp³-hybridized carbons (Fsp3) is 0.0667. The summed E-state index contributed by atoms with van der Waals surface area (Å²) >= 11 is 1.48. The van der Waals surface area contributed by atoms with Crippen LogP contribution in [0.25, 0.3) is 10.8 Å². The Balaban J connectivity index is 1.98. The maximum atomic E-state index is 11.3. The highest BCUT2D eigenvalue weighted by Gasteiger charge is 2.13. The molecule has 4 nitrogen and oxygen atoms in total. The zero-order valence-corrected chi connectivity index (χ0v) is 11.3. The summed E-state index contributed by atoms with van der Waals surface area (Å²) in [6.07, 6.45) is 0. The molecule has 0 aliphatic rings. The third-order valence-electron chi connectivity index (χ3n) is 2.94. The maximum Gasteiger partial charge on any atom is 0.339 e. The summed E-state index contributed by atoms with van der Waals surface area (Å²) in [5.74, 6) is -0.631. The van der Waals surface area contributed by atoms with Crippen LogP contribution in [0.4, 0.5) is 0 Å². The Bertz CT molecular complexity index is 753. The van der Waals surface area contributed by atoms with Gasteiger partial charge in [0.05, 0.1) is 11.2 Å². The molecule has 0 aliphatic heterocycles. The molecule has 0 spiro atoms. The van der Waals surface area contributed by atoms with Gasteiger partial charge in [-0.3, -0.25) is 0 Å². The summed E-state index contributed by atoms with van der Waals surface area (Å²) in [6, 6.07) is 11.0. The molecular formula is C15H11NO3S. The van der Waals surface area contributed by atoms with Crippen molar-refractivity contribution in [3.8, 4) is 5.75 Å². The summed E-state index contributed by atoms with van der Waals surface area (Å²) in [6.45, 7) is 0.266. The van der Waals surface area contributed by atoms with E-state index >= 15 is 0 Å².